The summed E-state index contributed by atoms with van der Waals surface area (Å²) in [7, 11) is 0. The van der Waals surface area contributed by atoms with Gasteiger partial charge >= 0.3 is 0 Å². The second-order valence-corrected chi connectivity index (χ2v) is 8.83. The summed E-state index contributed by atoms with van der Waals surface area (Å²) in [4.78, 5) is 24.7. The molecule has 0 fully saturated rings. The Bertz CT molecular complexity index is 920. The van der Waals surface area contributed by atoms with Crippen LogP contribution in [0.1, 0.15) is 45.0 Å². The molecule has 3 N–H and O–H groups in total. The third kappa shape index (κ3) is 7.48. The number of thiocarbonyl (C=S) groups is 1. The predicted molar refractivity (Wildman–Crippen MR) is 125 cm³/mol. The van der Waals surface area contributed by atoms with Gasteiger partial charge in [0.05, 0.1) is 6.61 Å². The molecule has 0 heterocycles. The number of carbonyl (C=O) groups is 2. The fourth-order valence-electron chi connectivity index (χ4n) is 2.32. The number of carbonyl (C=O) groups excluding carboxylic acids is 2. The van der Waals surface area contributed by atoms with Crippen LogP contribution in [0.2, 0.25) is 0 Å². The van der Waals surface area contributed by atoms with Crippen molar-refractivity contribution >= 4 is 40.5 Å². The minimum absolute atomic E-state index is 0.0879. The van der Waals surface area contributed by atoms with Gasteiger partial charge in [0.15, 0.2) is 5.11 Å². The van der Waals surface area contributed by atoms with Crippen LogP contribution >= 0.6 is 12.2 Å². The minimum atomic E-state index is -0.500. The van der Waals surface area contributed by atoms with Crippen molar-refractivity contribution in [2.24, 2.45) is 11.3 Å². The van der Waals surface area contributed by atoms with Crippen molar-refractivity contribution in [2.75, 3.05) is 17.2 Å². The quantitative estimate of drug-likeness (QED) is 0.575. The summed E-state index contributed by atoms with van der Waals surface area (Å²) in [5.41, 5.74) is 1.25. The molecule has 2 aromatic rings. The second-order valence-electron chi connectivity index (χ2n) is 8.43. The summed E-state index contributed by atoms with van der Waals surface area (Å²) in [6, 6.07) is 14.1. The molecule has 2 amide bonds. The first-order valence-electron chi connectivity index (χ1n) is 9.81. The maximum absolute atomic E-state index is 12.5. The molecule has 0 saturated carbocycles. The van der Waals surface area contributed by atoms with Crippen LogP contribution in [0.5, 0.6) is 5.75 Å². The number of amides is 2. The van der Waals surface area contributed by atoms with Gasteiger partial charge in [-0.2, -0.15) is 0 Å². The van der Waals surface area contributed by atoms with Crippen molar-refractivity contribution in [1.82, 2.24) is 5.32 Å². The van der Waals surface area contributed by atoms with E-state index in [9.17, 15) is 9.59 Å². The number of ether oxygens (including phenoxy) is 1. The standard InChI is InChI=1S/C23H29N3O3S/c1-15(2)14-29-19-11-6-8-16(12-19)20(27)26-22(30)25-18-10-7-9-17(13-18)24-21(28)23(3,4)5/h6-13,15H,14H2,1-5H3,(H,24,28)(H2,25,26,27,30). The summed E-state index contributed by atoms with van der Waals surface area (Å²) in [5.74, 6) is 0.607. The molecular formula is C23H29N3O3S. The average Bonchev–Trinajstić information content (AvgIpc) is 2.66. The van der Waals surface area contributed by atoms with Crippen LogP contribution in [0, 0.1) is 11.3 Å². The van der Waals surface area contributed by atoms with Gasteiger partial charge in [-0.3, -0.25) is 14.9 Å². The molecule has 0 radical (unpaired) electrons. The van der Waals surface area contributed by atoms with E-state index in [2.05, 4.69) is 29.8 Å². The number of hydrogen-bond acceptors (Lipinski definition) is 4. The minimum Gasteiger partial charge on any atom is -0.493 e. The molecule has 6 nitrogen and oxygen atoms in total. The molecule has 7 heteroatoms. The number of hydrogen-bond donors (Lipinski definition) is 3. The van der Waals surface area contributed by atoms with E-state index in [0.29, 0.717) is 35.2 Å². The molecule has 0 aromatic heterocycles. The first-order valence-corrected chi connectivity index (χ1v) is 10.2. The van der Waals surface area contributed by atoms with E-state index in [1.54, 1.807) is 42.5 Å². The number of rotatable bonds is 6. The molecule has 2 rings (SSSR count). The van der Waals surface area contributed by atoms with Crippen molar-refractivity contribution in [1.29, 1.82) is 0 Å². The summed E-state index contributed by atoms with van der Waals surface area (Å²) in [6.45, 7) is 10.2. The van der Waals surface area contributed by atoms with E-state index in [1.165, 1.54) is 0 Å². The van der Waals surface area contributed by atoms with Crippen LogP contribution in [0.25, 0.3) is 0 Å². The van der Waals surface area contributed by atoms with Crippen LogP contribution in [0.3, 0.4) is 0 Å². The highest BCUT2D eigenvalue weighted by molar-refractivity contribution is 7.80. The first-order chi connectivity index (χ1) is 14.0. The van der Waals surface area contributed by atoms with Crippen LogP contribution in [0.15, 0.2) is 48.5 Å². The Hall–Kier alpha value is -2.93. The van der Waals surface area contributed by atoms with Gasteiger partial charge in [-0.1, -0.05) is 46.8 Å². The number of anilines is 2. The fraction of sp³-hybridized carbons (Fsp3) is 0.348. The zero-order valence-electron chi connectivity index (χ0n) is 18.0. The highest BCUT2D eigenvalue weighted by Crippen LogP contribution is 2.20. The summed E-state index contributed by atoms with van der Waals surface area (Å²) >= 11 is 5.26. The van der Waals surface area contributed by atoms with E-state index < -0.39 is 5.41 Å². The third-order valence-electron chi connectivity index (χ3n) is 3.97. The van der Waals surface area contributed by atoms with E-state index in [1.807, 2.05) is 26.8 Å². The molecular weight excluding hydrogens is 398 g/mol. The molecule has 0 unspecified atom stereocenters. The van der Waals surface area contributed by atoms with E-state index in [4.69, 9.17) is 17.0 Å². The smallest absolute Gasteiger partial charge is 0.257 e. The lowest BCUT2D eigenvalue weighted by atomic mass is 9.95. The molecule has 2 aromatic carbocycles. The average molecular weight is 428 g/mol. The Morgan fingerprint density at radius 1 is 1.00 bits per heavy atom. The topological polar surface area (TPSA) is 79.5 Å². The SMILES string of the molecule is CC(C)COc1cccc(C(=O)NC(=S)Nc2cccc(NC(=O)C(C)(C)C)c2)c1. The van der Waals surface area contributed by atoms with Gasteiger partial charge in [0.2, 0.25) is 5.91 Å². The molecule has 0 saturated heterocycles. The molecule has 0 aliphatic heterocycles. The number of benzene rings is 2. The zero-order valence-corrected chi connectivity index (χ0v) is 18.9. The van der Waals surface area contributed by atoms with Crippen LogP contribution < -0.4 is 20.7 Å². The molecule has 0 atom stereocenters. The summed E-state index contributed by atoms with van der Waals surface area (Å²) in [5, 5.41) is 8.65. The fourth-order valence-corrected chi connectivity index (χ4v) is 2.53. The van der Waals surface area contributed by atoms with Crippen molar-refractivity contribution in [3.05, 3.63) is 54.1 Å². The van der Waals surface area contributed by atoms with Crippen LogP contribution in [-0.2, 0) is 4.79 Å². The highest BCUT2D eigenvalue weighted by Gasteiger charge is 2.21. The normalized spacial score (nSPS) is 11.0. The van der Waals surface area contributed by atoms with Gasteiger partial charge in [-0.25, -0.2) is 0 Å². The molecule has 0 spiro atoms. The third-order valence-corrected chi connectivity index (χ3v) is 4.17. The Labute approximate surface area is 183 Å². The van der Waals surface area contributed by atoms with Crippen LogP contribution in [0.4, 0.5) is 11.4 Å². The number of nitrogens with one attached hydrogen (secondary N) is 3. The lowest BCUT2D eigenvalue weighted by molar-refractivity contribution is -0.123. The largest absolute Gasteiger partial charge is 0.493 e. The second kappa shape index (κ2) is 10.2. The summed E-state index contributed by atoms with van der Waals surface area (Å²) in [6.07, 6.45) is 0. The van der Waals surface area contributed by atoms with Gasteiger partial charge < -0.3 is 15.4 Å². The molecule has 0 aliphatic carbocycles. The van der Waals surface area contributed by atoms with E-state index in [0.717, 1.165) is 0 Å². The Morgan fingerprint density at radius 2 is 1.63 bits per heavy atom. The van der Waals surface area contributed by atoms with Gasteiger partial charge in [0.1, 0.15) is 5.75 Å². The van der Waals surface area contributed by atoms with Crippen molar-refractivity contribution in [3.8, 4) is 5.75 Å². The highest BCUT2D eigenvalue weighted by atomic mass is 32.1. The van der Waals surface area contributed by atoms with E-state index in [-0.39, 0.29) is 16.9 Å². The van der Waals surface area contributed by atoms with Gasteiger partial charge in [-0.05, 0) is 54.5 Å². The Morgan fingerprint density at radius 3 is 2.27 bits per heavy atom. The Kier molecular flexibility index (Phi) is 7.94. The Balaban J connectivity index is 1.97. The lowest BCUT2D eigenvalue weighted by Gasteiger charge is -2.18. The molecule has 30 heavy (non-hydrogen) atoms. The van der Waals surface area contributed by atoms with Crippen LogP contribution in [-0.4, -0.2) is 23.5 Å². The predicted octanol–water partition coefficient (Wildman–Crippen LogP) is 4.83. The summed E-state index contributed by atoms with van der Waals surface area (Å²) < 4.78 is 5.66. The lowest BCUT2D eigenvalue weighted by Crippen LogP contribution is -2.34. The zero-order chi connectivity index (χ0) is 22.3. The maximum Gasteiger partial charge on any atom is 0.257 e. The van der Waals surface area contributed by atoms with Crippen molar-refractivity contribution in [3.63, 3.8) is 0 Å². The monoisotopic (exact) mass is 427 g/mol. The molecule has 0 bridgehead atoms. The van der Waals surface area contributed by atoms with Gasteiger partial charge in [-0.15, -0.1) is 0 Å². The van der Waals surface area contributed by atoms with Gasteiger partial charge in [0, 0.05) is 22.4 Å². The van der Waals surface area contributed by atoms with Crippen molar-refractivity contribution < 1.29 is 14.3 Å². The van der Waals surface area contributed by atoms with Crippen molar-refractivity contribution in [2.45, 2.75) is 34.6 Å². The molecule has 0 aliphatic rings. The molecule has 160 valence electrons. The first kappa shape index (κ1) is 23.3. The van der Waals surface area contributed by atoms with Gasteiger partial charge in [0.25, 0.3) is 5.91 Å². The van der Waals surface area contributed by atoms with E-state index >= 15 is 0 Å². The maximum atomic E-state index is 12.5.